The second kappa shape index (κ2) is 14.5. The Balaban J connectivity index is 1.43. The summed E-state index contributed by atoms with van der Waals surface area (Å²) < 4.78 is 53.1. The van der Waals surface area contributed by atoms with E-state index in [4.69, 9.17) is 40.8 Å². The van der Waals surface area contributed by atoms with Gasteiger partial charge < -0.3 is 34.1 Å². The molecule has 1 aliphatic heterocycles. The highest BCUT2D eigenvalue weighted by Crippen LogP contribution is 2.46. The number of thiophene rings is 1. The van der Waals surface area contributed by atoms with Crippen LogP contribution in [0.15, 0.2) is 12.1 Å². The molecule has 3 aromatic rings. The van der Waals surface area contributed by atoms with E-state index in [0.717, 1.165) is 11.3 Å². The summed E-state index contributed by atoms with van der Waals surface area (Å²) in [6.07, 6.45) is -0.270. The van der Waals surface area contributed by atoms with E-state index in [9.17, 15) is 19.2 Å². The van der Waals surface area contributed by atoms with Crippen LogP contribution >= 0.6 is 22.9 Å². The van der Waals surface area contributed by atoms with E-state index in [1.165, 1.54) is 45.1 Å². The Bertz CT molecular complexity index is 1690. The van der Waals surface area contributed by atoms with Crippen LogP contribution < -0.4 is 18.9 Å². The Morgan fingerprint density at radius 2 is 1.50 bits per heavy atom. The monoisotopic (exact) mass is 683 g/mol. The fraction of sp³-hybridized carbons (Fsp3) is 0.419. The first-order valence-corrected chi connectivity index (χ1v) is 15.4. The van der Waals surface area contributed by atoms with Crippen molar-refractivity contribution in [3.8, 4) is 23.0 Å². The number of methoxy groups -OCH3 is 2. The van der Waals surface area contributed by atoms with Crippen molar-refractivity contribution >= 4 is 56.7 Å². The molecule has 2 unspecified atom stereocenters. The Hall–Kier alpha value is -4.17. The van der Waals surface area contributed by atoms with Crippen LogP contribution in [0.25, 0.3) is 10.1 Å². The molecule has 2 atom stereocenters. The molecular formula is C31H32ClF2NO10S. The van der Waals surface area contributed by atoms with Gasteiger partial charge in [0.15, 0.2) is 40.4 Å². The highest BCUT2D eigenvalue weighted by Gasteiger charge is 2.34. The second-order valence-corrected chi connectivity index (χ2v) is 12.2. The van der Waals surface area contributed by atoms with Gasteiger partial charge in [0.2, 0.25) is 5.91 Å². The van der Waals surface area contributed by atoms with Gasteiger partial charge in [-0.1, -0.05) is 25.4 Å². The first kappa shape index (κ1) is 34.7. The zero-order chi connectivity index (χ0) is 33.9. The van der Waals surface area contributed by atoms with Gasteiger partial charge in [-0.15, -0.1) is 11.3 Å². The zero-order valence-corrected chi connectivity index (χ0v) is 27.0. The smallest absolute Gasteiger partial charge is 0.306 e. The third-order valence-electron chi connectivity index (χ3n) is 7.51. The van der Waals surface area contributed by atoms with Crippen LogP contribution in [0.5, 0.6) is 23.0 Å². The highest BCUT2D eigenvalue weighted by atomic mass is 35.5. The van der Waals surface area contributed by atoms with Gasteiger partial charge in [0.1, 0.15) is 0 Å². The number of carboxylic acid groups (broad SMARTS) is 2. The molecule has 46 heavy (non-hydrogen) atoms. The summed E-state index contributed by atoms with van der Waals surface area (Å²) in [5.74, 6) is -6.80. The van der Waals surface area contributed by atoms with Gasteiger partial charge in [-0.2, -0.15) is 0 Å². The highest BCUT2D eigenvalue weighted by molar-refractivity contribution is 7.20. The molecule has 0 bridgehead atoms. The molecule has 0 fully saturated rings. The van der Waals surface area contributed by atoms with Gasteiger partial charge in [-0.05, 0) is 12.1 Å². The van der Waals surface area contributed by atoms with E-state index in [-0.39, 0.29) is 88.7 Å². The predicted octanol–water partition coefficient (Wildman–Crippen LogP) is 5.94. The number of benzene rings is 2. The number of rotatable bonds is 15. The van der Waals surface area contributed by atoms with Crippen LogP contribution in [-0.2, 0) is 27.5 Å². The van der Waals surface area contributed by atoms with E-state index >= 15 is 8.78 Å². The Labute approximate surface area is 271 Å². The minimum atomic E-state index is -1.11. The minimum absolute atomic E-state index is 0.00000648. The number of aliphatic carboxylic acids is 2. The number of fused-ring (bicyclic) bond motifs is 2. The lowest BCUT2D eigenvalue weighted by Gasteiger charge is -2.16. The molecule has 2 heterocycles. The maximum absolute atomic E-state index is 15.6. The number of ketones is 1. The molecule has 1 aliphatic rings. The normalized spacial score (nSPS) is 13.7. The van der Waals surface area contributed by atoms with Gasteiger partial charge >= 0.3 is 11.9 Å². The molecule has 11 nitrogen and oxygen atoms in total. The summed E-state index contributed by atoms with van der Waals surface area (Å²) in [5, 5.41) is 18.7. The molecular weight excluding hydrogens is 652 g/mol. The number of halogens is 3. The lowest BCUT2D eigenvalue weighted by Crippen LogP contribution is -2.28. The van der Waals surface area contributed by atoms with Crippen LogP contribution in [0.3, 0.4) is 0 Å². The fourth-order valence-electron chi connectivity index (χ4n) is 4.89. The SMILES string of the molecule is COc1c(Cl)c2c(c(F)c1OCCCOc1cc3cc(C(=O)CC(C)C(=O)O)sc3c(F)c1OC)CN(C(=O)CC(C)C(=O)O)C2. The first-order chi connectivity index (χ1) is 21.8. The average molecular weight is 684 g/mol. The zero-order valence-electron chi connectivity index (χ0n) is 25.4. The van der Waals surface area contributed by atoms with Gasteiger partial charge in [0, 0.05) is 48.9 Å². The summed E-state index contributed by atoms with van der Waals surface area (Å²) in [6, 6.07) is 2.99. The van der Waals surface area contributed by atoms with Gasteiger partial charge in [0.25, 0.3) is 0 Å². The van der Waals surface area contributed by atoms with E-state index < -0.39 is 47.1 Å². The summed E-state index contributed by atoms with van der Waals surface area (Å²) in [7, 11) is 2.56. The van der Waals surface area contributed by atoms with Crippen molar-refractivity contribution in [2.24, 2.45) is 11.8 Å². The van der Waals surface area contributed by atoms with Crippen LogP contribution in [0, 0.1) is 23.5 Å². The maximum Gasteiger partial charge on any atom is 0.306 e. The van der Waals surface area contributed by atoms with Crippen molar-refractivity contribution in [2.45, 2.75) is 46.2 Å². The minimum Gasteiger partial charge on any atom is -0.491 e. The number of ether oxygens (including phenoxy) is 4. The largest absolute Gasteiger partial charge is 0.491 e. The standard InChI is InChI=1S/C31H32ClF2NO10S/c1-14(30(38)39)8-19(36)21-11-16-10-20(26(42-3)25(34)29(16)46-21)44-6-5-7-45-28-24(33)18-13-35(22(37)9-15(2)31(40)41)12-17(18)23(32)27(28)43-4/h10-11,14-15H,5-9,12-13H2,1-4H3,(H,38,39)(H,40,41). The molecule has 4 rings (SSSR count). The van der Waals surface area contributed by atoms with Crippen LogP contribution in [0.4, 0.5) is 8.78 Å². The van der Waals surface area contributed by atoms with Gasteiger partial charge in [0.05, 0.1) is 53.9 Å². The molecule has 0 spiro atoms. The quantitative estimate of drug-likeness (QED) is 0.146. The lowest BCUT2D eigenvalue weighted by molar-refractivity contribution is -0.145. The Kier molecular flexibility index (Phi) is 10.9. The number of carboxylic acids is 2. The molecule has 1 amide bonds. The molecule has 15 heteroatoms. The number of Topliss-reactive ketones (excluding diaryl/α,β-unsaturated/α-hetero) is 1. The molecule has 0 aliphatic carbocycles. The van der Waals surface area contributed by atoms with Crippen molar-refractivity contribution < 1.29 is 57.1 Å². The van der Waals surface area contributed by atoms with Gasteiger partial charge in [-0.3, -0.25) is 19.2 Å². The topological polar surface area (TPSA) is 149 Å². The van der Waals surface area contributed by atoms with Crippen molar-refractivity contribution in [3.05, 3.63) is 44.8 Å². The average Bonchev–Trinajstić information content (AvgIpc) is 3.65. The predicted molar refractivity (Wildman–Crippen MR) is 163 cm³/mol. The Morgan fingerprint density at radius 3 is 2.13 bits per heavy atom. The van der Waals surface area contributed by atoms with E-state index in [1.54, 1.807) is 0 Å². The van der Waals surface area contributed by atoms with Crippen molar-refractivity contribution in [3.63, 3.8) is 0 Å². The third kappa shape index (κ3) is 7.12. The van der Waals surface area contributed by atoms with E-state index in [0.29, 0.717) is 10.9 Å². The van der Waals surface area contributed by atoms with E-state index in [1.807, 2.05) is 0 Å². The second-order valence-electron chi connectivity index (χ2n) is 10.8. The molecule has 2 aromatic carbocycles. The number of hydrogen-bond donors (Lipinski definition) is 2. The van der Waals surface area contributed by atoms with Crippen LogP contribution in [-0.4, -0.2) is 66.2 Å². The molecule has 0 saturated carbocycles. The van der Waals surface area contributed by atoms with Crippen LogP contribution in [0.1, 0.15) is 53.9 Å². The molecule has 0 radical (unpaired) electrons. The number of nitrogens with zero attached hydrogens (tertiary/aromatic N) is 1. The van der Waals surface area contributed by atoms with E-state index in [2.05, 4.69) is 0 Å². The lowest BCUT2D eigenvalue weighted by atomic mass is 10.0. The van der Waals surface area contributed by atoms with Crippen molar-refractivity contribution in [2.75, 3.05) is 27.4 Å². The number of carbonyl (C=O) groups is 4. The molecule has 1 aromatic heterocycles. The molecule has 2 N–H and O–H groups in total. The first-order valence-electron chi connectivity index (χ1n) is 14.2. The third-order valence-corrected chi connectivity index (χ3v) is 9.10. The summed E-state index contributed by atoms with van der Waals surface area (Å²) >= 11 is 7.41. The maximum atomic E-state index is 15.6. The Morgan fingerprint density at radius 1 is 0.891 bits per heavy atom. The van der Waals surface area contributed by atoms with Crippen molar-refractivity contribution in [1.82, 2.24) is 4.90 Å². The number of carbonyl (C=O) groups excluding carboxylic acids is 2. The molecule has 248 valence electrons. The van der Waals surface area contributed by atoms with Gasteiger partial charge in [-0.25, -0.2) is 8.78 Å². The fourth-order valence-corrected chi connectivity index (χ4v) is 6.25. The van der Waals surface area contributed by atoms with Crippen molar-refractivity contribution in [1.29, 1.82) is 0 Å². The summed E-state index contributed by atoms with van der Waals surface area (Å²) in [4.78, 5) is 49.0. The summed E-state index contributed by atoms with van der Waals surface area (Å²) in [5.41, 5.74) is 0.496. The summed E-state index contributed by atoms with van der Waals surface area (Å²) in [6.45, 7) is 2.64. The molecule has 0 saturated heterocycles. The number of hydrogen-bond acceptors (Lipinski definition) is 9. The van der Waals surface area contributed by atoms with Crippen LogP contribution in [0.2, 0.25) is 5.02 Å². The number of amides is 1.